The molecule has 0 aliphatic rings. The Balaban J connectivity index is 0.00000108. The van der Waals surface area contributed by atoms with Gasteiger partial charge in [0.1, 0.15) is 6.20 Å². The highest BCUT2D eigenvalue weighted by Crippen LogP contribution is 2.18. The highest BCUT2D eigenvalue weighted by Gasteiger charge is 2.14. The molecule has 0 aliphatic heterocycles. The molecule has 0 amide bonds. The van der Waals surface area contributed by atoms with Crippen molar-refractivity contribution in [3.8, 4) is 11.3 Å². The molecule has 2 aromatic heterocycles. The number of aryl methyl sites for hydroxylation is 1. The molecule has 0 aliphatic carbocycles. The first-order valence-electron chi connectivity index (χ1n) is 5.37. The summed E-state index contributed by atoms with van der Waals surface area (Å²) in [6, 6.07) is 16.7. The van der Waals surface area contributed by atoms with E-state index in [0.717, 1.165) is 0 Å². The summed E-state index contributed by atoms with van der Waals surface area (Å²) in [6.07, 6.45) is 4.23. The summed E-state index contributed by atoms with van der Waals surface area (Å²) in [5.74, 6) is 0. The van der Waals surface area contributed by atoms with Crippen LogP contribution in [0.2, 0.25) is 0 Å². The topological polar surface area (TPSA) is 9.03 Å². The molecular weight excluding hydrogens is 323 g/mol. The third-order valence-electron chi connectivity index (χ3n) is 2.90. The lowest BCUT2D eigenvalue weighted by Gasteiger charge is -1.95. The summed E-state index contributed by atoms with van der Waals surface area (Å²) in [7, 11) is 2.09. The Labute approximate surface area is 118 Å². The van der Waals surface area contributed by atoms with E-state index < -0.39 is 0 Å². The number of aromatic nitrogens is 2. The molecule has 86 valence electrons. The van der Waals surface area contributed by atoms with Gasteiger partial charge in [0.15, 0.2) is 5.69 Å². The van der Waals surface area contributed by atoms with Crippen LogP contribution in [0, 0.1) is 0 Å². The maximum absolute atomic E-state index is 2.20. The molecule has 0 spiro atoms. The molecule has 3 heteroatoms. The number of fused-ring (bicyclic) bond motifs is 1. The van der Waals surface area contributed by atoms with Gasteiger partial charge in [-0.1, -0.05) is 36.4 Å². The van der Waals surface area contributed by atoms with Gasteiger partial charge in [-0.2, -0.15) is 0 Å². The summed E-state index contributed by atoms with van der Waals surface area (Å²) in [5, 5.41) is 0. The molecule has 17 heavy (non-hydrogen) atoms. The standard InChI is InChI=1S/C14H13N2.HI/c1-15-13(12-7-3-2-4-8-12)11-16-10-6-5-9-14(15)16;/h2-11H,1H3;1H/q+1;/p-1. The molecule has 0 bridgehead atoms. The monoisotopic (exact) mass is 336 g/mol. The fourth-order valence-electron chi connectivity index (χ4n) is 2.06. The van der Waals surface area contributed by atoms with Crippen LogP contribution in [-0.4, -0.2) is 4.57 Å². The van der Waals surface area contributed by atoms with Crippen LogP contribution in [0.15, 0.2) is 60.9 Å². The van der Waals surface area contributed by atoms with Crippen molar-refractivity contribution >= 4 is 5.65 Å². The number of hydrogen-bond donors (Lipinski definition) is 0. The molecule has 2 nitrogen and oxygen atoms in total. The molecule has 0 N–H and O–H groups in total. The number of halogens is 1. The van der Waals surface area contributed by atoms with Gasteiger partial charge in [-0.25, -0.2) is 8.97 Å². The lowest BCUT2D eigenvalue weighted by molar-refractivity contribution is -0.510. The Morgan fingerprint density at radius 1 is 0.941 bits per heavy atom. The lowest BCUT2D eigenvalue weighted by Crippen LogP contribution is -3.00. The van der Waals surface area contributed by atoms with Crippen molar-refractivity contribution in [2.75, 3.05) is 0 Å². The molecule has 3 rings (SSSR count). The maximum atomic E-state index is 2.20. The number of rotatable bonds is 1. The Morgan fingerprint density at radius 3 is 2.35 bits per heavy atom. The molecule has 1 aromatic carbocycles. The quantitative estimate of drug-likeness (QED) is 0.416. The minimum atomic E-state index is 0. The lowest BCUT2D eigenvalue weighted by atomic mass is 10.2. The Bertz CT molecular complexity index is 629. The highest BCUT2D eigenvalue weighted by atomic mass is 127. The van der Waals surface area contributed by atoms with Gasteiger partial charge in [0.05, 0.1) is 13.2 Å². The van der Waals surface area contributed by atoms with E-state index in [0.29, 0.717) is 0 Å². The van der Waals surface area contributed by atoms with E-state index in [4.69, 9.17) is 0 Å². The largest absolute Gasteiger partial charge is 1.00 e. The SMILES string of the molecule is Cn1c(-c2ccccc2)c[n+]2ccccc12.[I-]. The van der Waals surface area contributed by atoms with E-state index in [1.807, 2.05) is 12.1 Å². The second-order valence-electron chi connectivity index (χ2n) is 3.91. The van der Waals surface area contributed by atoms with E-state index in [1.54, 1.807) is 0 Å². The van der Waals surface area contributed by atoms with Crippen molar-refractivity contribution < 1.29 is 28.4 Å². The minimum Gasteiger partial charge on any atom is -1.00 e. The van der Waals surface area contributed by atoms with Gasteiger partial charge < -0.3 is 24.0 Å². The molecule has 0 fully saturated rings. The maximum Gasteiger partial charge on any atom is 0.286 e. The van der Waals surface area contributed by atoms with Gasteiger partial charge in [0.2, 0.25) is 0 Å². The smallest absolute Gasteiger partial charge is 0.286 e. The first-order valence-corrected chi connectivity index (χ1v) is 5.37. The fraction of sp³-hybridized carbons (Fsp3) is 0.0714. The first-order chi connectivity index (χ1) is 7.86. The van der Waals surface area contributed by atoms with Gasteiger partial charge in [-0.3, -0.25) is 0 Å². The Kier molecular flexibility index (Phi) is 3.47. The Hall–Kier alpha value is -1.36. The van der Waals surface area contributed by atoms with Crippen LogP contribution < -0.4 is 28.4 Å². The third-order valence-corrected chi connectivity index (χ3v) is 2.90. The third kappa shape index (κ3) is 2.07. The second-order valence-corrected chi connectivity index (χ2v) is 3.91. The molecule has 0 saturated carbocycles. The predicted octanol–water partition coefficient (Wildman–Crippen LogP) is -0.565. The predicted molar refractivity (Wildman–Crippen MR) is 64.0 cm³/mol. The van der Waals surface area contributed by atoms with Crippen LogP contribution >= 0.6 is 0 Å². The number of imidazole rings is 1. The van der Waals surface area contributed by atoms with Crippen LogP contribution in [0.1, 0.15) is 0 Å². The van der Waals surface area contributed by atoms with Gasteiger partial charge in [-0.15, -0.1) is 0 Å². The number of nitrogens with zero attached hydrogens (tertiary/aromatic N) is 2. The normalized spacial score (nSPS) is 10.2. The van der Waals surface area contributed by atoms with Crippen LogP contribution in [0.4, 0.5) is 0 Å². The zero-order chi connectivity index (χ0) is 11.0. The van der Waals surface area contributed by atoms with Crippen LogP contribution in [0.5, 0.6) is 0 Å². The highest BCUT2D eigenvalue weighted by molar-refractivity contribution is 5.60. The van der Waals surface area contributed by atoms with Crippen molar-refractivity contribution in [3.05, 3.63) is 60.9 Å². The summed E-state index contributed by atoms with van der Waals surface area (Å²) >= 11 is 0. The number of benzene rings is 1. The summed E-state index contributed by atoms with van der Waals surface area (Å²) in [5.41, 5.74) is 3.67. The van der Waals surface area contributed by atoms with Crippen LogP contribution in [0.25, 0.3) is 16.9 Å². The van der Waals surface area contributed by atoms with Gasteiger partial charge in [0.25, 0.3) is 5.65 Å². The molecular formula is C14H13IN2. The van der Waals surface area contributed by atoms with Crippen LogP contribution in [0.3, 0.4) is 0 Å². The van der Waals surface area contributed by atoms with Crippen LogP contribution in [-0.2, 0) is 7.05 Å². The average Bonchev–Trinajstić information content (AvgIpc) is 2.69. The van der Waals surface area contributed by atoms with Crippen molar-refractivity contribution in [2.24, 2.45) is 7.05 Å². The Morgan fingerprint density at radius 2 is 1.65 bits per heavy atom. The van der Waals surface area contributed by atoms with E-state index in [-0.39, 0.29) is 24.0 Å². The van der Waals surface area contributed by atoms with E-state index in [9.17, 15) is 0 Å². The molecule has 0 atom stereocenters. The summed E-state index contributed by atoms with van der Waals surface area (Å²) in [4.78, 5) is 0. The van der Waals surface area contributed by atoms with Gasteiger partial charge >= 0.3 is 0 Å². The van der Waals surface area contributed by atoms with Crippen molar-refractivity contribution in [1.82, 2.24) is 4.57 Å². The number of pyridine rings is 1. The zero-order valence-electron chi connectivity index (χ0n) is 9.55. The minimum absolute atomic E-state index is 0. The molecule has 0 unspecified atom stereocenters. The van der Waals surface area contributed by atoms with E-state index in [1.165, 1.54) is 16.9 Å². The second kappa shape index (κ2) is 4.87. The van der Waals surface area contributed by atoms with Crippen molar-refractivity contribution in [3.63, 3.8) is 0 Å². The molecule has 3 aromatic rings. The zero-order valence-corrected chi connectivity index (χ0v) is 11.7. The summed E-state index contributed by atoms with van der Waals surface area (Å²) in [6.45, 7) is 0. The average molecular weight is 336 g/mol. The number of hydrogen-bond acceptors (Lipinski definition) is 0. The molecule has 0 radical (unpaired) electrons. The van der Waals surface area contributed by atoms with E-state index >= 15 is 0 Å². The first kappa shape index (κ1) is 12.1. The fourth-order valence-corrected chi connectivity index (χ4v) is 2.06. The van der Waals surface area contributed by atoms with E-state index in [2.05, 4.69) is 64.8 Å². The molecule has 0 saturated heterocycles. The van der Waals surface area contributed by atoms with Gasteiger partial charge in [-0.05, 0) is 6.07 Å². The van der Waals surface area contributed by atoms with Crippen molar-refractivity contribution in [2.45, 2.75) is 0 Å². The van der Waals surface area contributed by atoms with Crippen molar-refractivity contribution in [1.29, 1.82) is 0 Å². The van der Waals surface area contributed by atoms with Gasteiger partial charge in [0, 0.05) is 11.6 Å². The molecule has 2 heterocycles. The summed E-state index contributed by atoms with van der Waals surface area (Å²) < 4.78 is 4.34.